The highest BCUT2D eigenvalue weighted by molar-refractivity contribution is 7.21. The molecule has 0 spiro atoms. The van der Waals surface area contributed by atoms with Crippen LogP contribution in [0.15, 0.2) is 67.0 Å². The number of fused-ring (bicyclic) bond motifs is 1. The number of methoxy groups -OCH3 is 1. The molecule has 4 aromatic rings. The van der Waals surface area contributed by atoms with Gasteiger partial charge in [0.15, 0.2) is 0 Å². The zero-order chi connectivity index (χ0) is 15.6. The number of thiazole rings is 1. The minimum Gasteiger partial charge on any atom is -0.497 e. The van der Waals surface area contributed by atoms with Crippen molar-refractivity contribution < 1.29 is 4.74 Å². The van der Waals surface area contributed by atoms with Crippen molar-refractivity contribution in [3.8, 4) is 27.4 Å². The quantitative estimate of drug-likeness (QED) is 0.531. The Bertz CT molecular complexity index is 946. The largest absolute Gasteiger partial charge is 0.497 e. The molecule has 2 aromatic heterocycles. The van der Waals surface area contributed by atoms with E-state index in [0.717, 1.165) is 37.7 Å². The smallest absolute Gasteiger partial charge is 0.124 e. The molecule has 0 radical (unpaired) electrons. The molecule has 0 atom stereocenters. The summed E-state index contributed by atoms with van der Waals surface area (Å²) >= 11 is 1.68. The lowest BCUT2D eigenvalue weighted by atomic mass is 10.1. The van der Waals surface area contributed by atoms with Gasteiger partial charge in [-0.25, -0.2) is 4.98 Å². The Morgan fingerprint density at radius 1 is 0.913 bits per heavy atom. The van der Waals surface area contributed by atoms with Crippen molar-refractivity contribution in [3.05, 3.63) is 67.0 Å². The van der Waals surface area contributed by atoms with Gasteiger partial charge in [0.1, 0.15) is 10.8 Å². The Balaban J connectivity index is 1.70. The van der Waals surface area contributed by atoms with Crippen molar-refractivity contribution in [2.75, 3.05) is 7.11 Å². The molecule has 0 amide bonds. The van der Waals surface area contributed by atoms with Crippen LogP contribution in [0.25, 0.3) is 31.9 Å². The Morgan fingerprint density at radius 2 is 1.74 bits per heavy atom. The molecule has 4 rings (SSSR count). The molecule has 2 aromatic carbocycles. The number of rotatable bonds is 3. The third kappa shape index (κ3) is 2.69. The second-order valence-corrected chi connectivity index (χ2v) is 6.20. The summed E-state index contributed by atoms with van der Waals surface area (Å²) in [5, 5.41) is 1.02. The first-order valence-electron chi connectivity index (χ1n) is 7.29. The van der Waals surface area contributed by atoms with Gasteiger partial charge in [-0.1, -0.05) is 30.3 Å². The Labute approximate surface area is 138 Å². The van der Waals surface area contributed by atoms with E-state index in [1.807, 2.05) is 30.5 Å². The zero-order valence-corrected chi connectivity index (χ0v) is 13.4. The highest BCUT2D eigenvalue weighted by Gasteiger charge is 2.07. The summed E-state index contributed by atoms with van der Waals surface area (Å²) in [6, 6.07) is 18.4. The van der Waals surface area contributed by atoms with Crippen LogP contribution in [-0.2, 0) is 0 Å². The molecule has 0 aliphatic carbocycles. The van der Waals surface area contributed by atoms with E-state index >= 15 is 0 Å². The maximum atomic E-state index is 5.27. The van der Waals surface area contributed by atoms with Gasteiger partial charge in [0.2, 0.25) is 0 Å². The molecule has 3 nitrogen and oxygen atoms in total. The first-order valence-corrected chi connectivity index (χ1v) is 8.10. The molecular formula is C19H14N2OS. The van der Waals surface area contributed by atoms with Gasteiger partial charge in [-0.2, -0.15) is 0 Å². The van der Waals surface area contributed by atoms with Crippen LogP contribution in [0.5, 0.6) is 5.75 Å². The second-order valence-electron chi connectivity index (χ2n) is 5.17. The zero-order valence-electron chi connectivity index (χ0n) is 12.6. The van der Waals surface area contributed by atoms with Gasteiger partial charge in [0.05, 0.1) is 17.3 Å². The number of hydrogen-bond acceptors (Lipinski definition) is 4. The van der Waals surface area contributed by atoms with Crippen molar-refractivity contribution in [1.29, 1.82) is 0 Å². The lowest BCUT2D eigenvalue weighted by Crippen LogP contribution is -1.81. The summed E-state index contributed by atoms with van der Waals surface area (Å²) in [6.07, 6.45) is 3.66. The molecule has 2 heterocycles. The molecule has 0 saturated carbocycles. The third-order valence-corrected chi connectivity index (χ3v) is 4.79. The van der Waals surface area contributed by atoms with E-state index in [2.05, 4.69) is 35.3 Å². The van der Waals surface area contributed by atoms with E-state index in [-0.39, 0.29) is 0 Å². The summed E-state index contributed by atoms with van der Waals surface area (Å²) in [6.45, 7) is 0. The number of aromatic nitrogens is 2. The van der Waals surface area contributed by atoms with Crippen LogP contribution >= 0.6 is 11.3 Å². The average molecular weight is 318 g/mol. The minimum atomic E-state index is 0.861. The normalized spacial score (nSPS) is 10.8. The van der Waals surface area contributed by atoms with E-state index in [1.165, 1.54) is 0 Å². The van der Waals surface area contributed by atoms with Gasteiger partial charge < -0.3 is 4.74 Å². The molecule has 0 unspecified atom stereocenters. The topological polar surface area (TPSA) is 35.0 Å². The fraction of sp³-hybridized carbons (Fsp3) is 0.0526. The van der Waals surface area contributed by atoms with Crippen molar-refractivity contribution in [2.24, 2.45) is 0 Å². The number of hydrogen-bond donors (Lipinski definition) is 0. The van der Waals surface area contributed by atoms with E-state index in [4.69, 9.17) is 9.72 Å². The van der Waals surface area contributed by atoms with Crippen LogP contribution in [-0.4, -0.2) is 17.1 Å². The predicted octanol–water partition coefficient (Wildman–Crippen LogP) is 5.03. The first kappa shape index (κ1) is 13.9. The van der Waals surface area contributed by atoms with Crippen molar-refractivity contribution in [1.82, 2.24) is 9.97 Å². The molecule has 0 N–H and O–H groups in total. The molecule has 4 heteroatoms. The molecule has 0 aliphatic heterocycles. The fourth-order valence-corrected chi connectivity index (χ4v) is 3.49. The van der Waals surface area contributed by atoms with E-state index in [1.54, 1.807) is 24.6 Å². The highest BCUT2D eigenvalue weighted by atomic mass is 32.1. The van der Waals surface area contributed by atoms with Crippen LogP contribution < -0.4 is 4.74 Å². The van der Waals surface area contributed by atoms with Gasteiger partial charge in [0.25, 0.3) is 0 Å². The monoisotopic (exact) mass is 318 g/mol. The summed E-state index contributed by atoms with van der Waals surface area (Å²) in [4.78, 5) is 8.88. The first-order chi connectivity index (χ1) is 11.3. The molecule has 0 aliphatic rings. The summed E-state index contributed by atoms with van der Waals surface area (Å²) in [5.41, 5.74) is 4.40. The van der Waals surface area contributed by atoms with Gasteiger partial charge in [0, 0.05) is 18.0 Å². The Kier molecular flexibility index (Phi) is 3.52. The van der Waals surface area contributed by atoms with Crippen molar-refractivity contribution >= 4 is 21.6 Å². The van der Waals surface area contributed by atoms with Gasteiger partial charge in [-0.15, -0.1) is 11.3 Å². The fourth-order valence-electron chi connectivity index (χ4n) is 2.49. The lowest BCUT2D eigenvalue weighted by molar-refractivity contribution is 0.415. The van der Waals surface area contributed by atoms with Crippen LogP contribution in [0, 0.1) is 0 Å². The van der Waals surface area contributed by atoms with E-state index in [0.29, 0.717) is 0 Å². The molecule has 112 valence electrons. The summed E-state index contributed by atoms with van der Waals surface area (Å²) in [7, 11) is 1.68. The Morgan fingerprint density at radius 3 is 2.48 bits per heavy atom. The van der Waals surface area contributed by atoms with Gasteiger partial charge >= 0.3 is 0 Å². The molecule has 0 saturated heterocycles. The number of pyridine rings is 1. The summed E-state index contributed by atoms with van der Waals surface area (Å²) in [5.74, 6) is 0.861. The van der Waals surface area contributed by atoms with Crippen molar-refractivity contribution in [2.45, 2.75) is 0 Å². The number of nitrogens with zero attached hydrogens (tertiary/aromatic N) is 2. The van der Waals surface area contributed by atoms with Crippen LogP contribution in [0.1, 0.15) is 0 Å². The standard InChI is InChI=1S/C19H14N2OS/c1-22-16-8-9-17-18(11-16)23-19(21-17)14-6-4-13(5-7-14)15-3-2-10-20-12-15/h2-12H,1H3. The van der Waals surface area contributed by atoms with Crippen LogP contribution in [0.4, 0.5) is 0 Å². The number of ether oxygens (including phenoxy) is 1. The second kappa shape index (κ2) is 5.82. The maximum absolute atomic E-state index is 5.27. The predicted molar refractivity (Wildman–Crippen MR) is 94.8 cm³/mol. The highest BCUT2D eigenvalue weighted by Crippen LogP contribution is 2.33. The van der Waals surface area contributed by atoms with E-state index < -0.39 is 0 Å². The van der Waals surface area contributed by atoms with Crippen molar-refractivity contribution in [3.63, 3.8) is 0 Å². The third-order valence-electron chi connectivity index (χ3n) is 3.72. The molecule has 0 fully saturated rings. The lowest BCUT2D eigenvalue weighted by Gasteiger charge is -2.02. The maximum Gasteiger partial charge on any atom is 0.124 e. The SMILES string of the molecule is COc1ccc2nc(-c3ccc(-c4cccnc4)cc3)sc2c1. The van der Waals surface area contributed by atoms with Crippen LogP contribution in [0.3, 0.4) is 0 Å². The molecular weight excluding hydrogens is 304 g/mol. The Hall–Kier alpha value is -2.72. The number of benzene rings is 2. The van der Waals surface area contributed by atoms with Gasteiger partial charge in [-0.05, 0) is 35.4 Å². The minimum absolute atomic E-state index is 0.861. The van der Waals surface area contributed by atoms with E-state index in [9.17, 15) is 0 Å². The molecule has 23 heavy (non-hydrogen) atoms. The summed E-state index contributed by atoms with van der Waals surface area (Å²) < 4.78 is 6.41. The molecule has 0 bridgehead atoms. The van der Waals surface area contributed by atoms with Crippen LogP contribution in [0.2, 0.25) is 0 Å². The average Bonchev–Trinajstić information content (AvgIpc) is 3.05. The van der Waals surface area contributed by atoms with Gasteiger partial charge in [-0.3, -0.25) is 4.98 Å².